The molecule has 0 atom stereocenters. The minimum absolute atomic E-state index is 0.0692. The van der Waals surface area contributed by atoms with Crippen molar-refractivity contribution in [2.24, 2.45) is 0 Å². The van der Waals surface area contributed by atoms with E-state index in [-0.39, 0.29) is 38.3 Å². The normalized spacial score (nSPS) is 10.6. The number of nitrogens with zero attached hydrogens (tertiary/aromatic N) is 1. The standard InChI is InChI=1S/C13H17FN2O4/c14-10-3-1-2-4-11(10)15-12(18)9-16(7-8-17)6-5-13(19)20/h1-4,17H,5-9H2,(H,15,18)(H,19,20). The number of hydrogen-bond acceptors (Lipinski definition) is 4. The van der Waals surface area contributed by atoms with E-state index in [1.807, 2.05) is 0 Å². The van der Waals surface area contributed by atoms with Crippen LogP contribution >= 0.6 is 0 Å². The van der Waals surface area contributed by atoms with Gasteiger partial charge in [0, 0.05) is 13.1 Å². The first kappa shape index (κ1) is 16.1. The molecule has 20 heavy (non-hydrogen) atoms. The van der Waals surface area contributed by atoms with Crippen LogP contribution in [0.4, 0.5) is 10.1 Å². The van der Waals surface area contributed by atoms with Gasteiger partial charge in [-0.1, -0.05) is 12.1 Å². The van der Waals surface area contributed by atoms with Gasteiger partial charge in [0.2, 0.25) is 5.91 Å². The van der Waals surface area contributed by atoms with Crippen LogP contribution in [0.25, 0.3) is 0 Å². The monoisotopic (exact) mass is 284 g/mol. The number of nitrogens with one attached hydrogen (secondary N) is 1. The van der Waals surface area contributed by atoms with Crippen molar-refractivity contribution in [1.82, 2.24) is 4.90 Å². The molecule has 0 saturated carbocycles. The summed E-state index contributed by atoms with van der Waals surface area (Å²) >= 11 is 0. The van der Waals surface area contributed by atoms with Gasteiger partial charge < -0.3 is 15.5 Å². The molecule has 0 aliphatic heterocycles. The summed E-state index contributed by atoms with van der Waals surface area (Å²) in [5, 5.41) is 19.9. The molecule has 0 fully saturated rings. The fraction of sp³-hybridized carbons (Fsp3) is 0.385. The number of rotatable bonds is 8. The van der Waals surface area contributed by atoms with Crippen molar-refractivity contribution in [2.45, 2.75) is 6.42 Å². The Bertz CT molecular complexity index is 467. The highest BCUT2D eigenvalue weighted by molar-refractivity contribution is 5.92. The number of hydrogen-bond donors (Lipinski definition) is 3. The molecule has 0 radical (unpaired) electrons. The van der Waals surface area contributed by atoms with Gasteiger partial charge in [0.1, 0.15) is 5.82 Å². The zero-order valence-corrected chi connectivity index (χ0v) is 10.9. The Morgan fingerprint density at radius 2 is 1.95 bits per heavy atom. The minimum Gasteiger partial charge on any atom is -0.481 e. The second-order valence-electron chi connectivity index (χ2n) is 4.17. The number of amides is 1. The molecule has 0 saturated heterocycles. The van der Waals surface area contributed by atoms with Crippen LogP contribution in [0.2, 0.25) is 0 Å². The molecule has 0 heterocycles. The van der Waals surface area contributed by atoms with Crippen LogP contribution in [0.3, 0.4) is 0 Å². The first-order chi connectivity index (χ1) is 9.52. The summed E-state index contributed by atoms with van der Waals surface area (Å²) in [6, 6.07) is 5.76. The van der Waals surface area contributed by atoms with Crippen LogP contribution in [-0.2, 0) is 9.59 Å². The maximum absolute atomic E-state index is 13.3. The third-order valence-electron chi connectivity index (χ3n) is 2.57. The Morgan fingerprint density at radius 3 is 2.55 bits per heavy atom. The molecule has 1 amide bonds. The van der Waals surface area contributed by atoms with Crippen molar-refractivity contribution in [3.8, 4) is 0 Å². The van der Waals surface area contributed by atoms with Crippen LogP contribution in [0.1, 0.15) is 6.42 Å². The van der Waals surface area contributed by atoms with Gasteiger partial charge in [-0.25, -0.2) is 4.39 Å². The number of halogens is 1. The van der Waals surface area contributed by atoms with Gasteiger partial charge in [-0.3, -0.25) is 14.5 Å². The van der Waals surface area contributed by atoms with E-state index in [4.69, 9.17) is 10.2 Å². The summed E-state index contributed by atoms with van der Waals surface area (Å²) in [6.07, 6.45) is -0.132. The van der Waals surface area contributed by atoms with E-state index in [0.29, 0.717) is 0 Å². The molecular formula is C13H17FN2O4. The highest BCUT2D eigenvalue weighted by Crippen LogP contribution is 2.12. The number of carbonyl (C=O) groups is 2. The summed E-state index contributed by atoms with van der Waals surface area (Å²) in [7, 11) is 0. The molecule has 1 aromatic rings. The van der Waals surface area contributed by atoms with Crippen molar-refractivity contribution in [3.63, 3.8) is 0 Å². The zero-order valence-electron chi connectivity index (χ0n) is 10.9. The van der Waals surface area contributed by atoms with Crippen LogP contribution in [0.15, 0.2) is 24.3 Å². The molecular weight excluding hydrogens is 267 g/mol. The number of benzene rings is 1. The van der Waals surface area contributed by atoms with Crippen molar-refractivity contribution < 1.29 is 24.2 Å². The van der Waals surface area contributed by atoms with E-state index in [2.05, 4.69) is 5.32 Å². The Labute approximate surface area is 115 Å². The van der Waals surface area contributed by atoms with Crippen LogP contribution in [0, 0.1) is 5.82 Å². The lowest BCUT2D eigenvalue weighted by atomic mass is 10.3. The lowest BCUT2D eigenvalue weighted by molar-refractivity contribution is -0.137. The molecule has 1 aromatic carbocycles. The van der Waals surface area contributed by atoms with Crippen LogP contribution in [0.5, 0.6) is 0 Å². The Balaban J connectivity index is 2.53. The Kier molecular flexibility index (Phi) is 6.61. The highest BCUT2D eigenvalue weighted by Gasteiger charge is 2.13. The van der Waals surface area contributed by atoms with Gasteiger partial charge in [-0.05, 0) is 12.1 Å². The highest BCUT2D eigenvalue weighted by atomic mass is 19.1. The Hall–Kier alpha value is -1.99. The SMILES string of the molecule is O=C(O)CCN(CCO)CC(=O)Nc1ccccc1F. The number of carboxylic acids is 1. The van der Waals surface area contributed by atoms with E-state index in [0.717, 1.165) is 0 Å². The minimum atomic E-state index is -0.984. The molecule has 0 aliphatic carbocycles. The second-order valence-corrected chi connectivity index (χ2v) is 4.17. The number of aliphatic hydroxyl groups excluding tert-OH is 1. The molecule has 3 N–H and O–H groups in total. The van der Waals surface area contributed by atoms with Crippen molar-refractivity contribution in [1.29, 1.82) is 0 Å². The molecule has 0 aromatic heterocycles. The predicted molar refractivity (Wildman–Crippen MR) is 70.8 cm³/mol. The third-order valence-corrected chi connectivity index (χ3v) is 2.57. The van der Waals surface area contributed by atoms with Gasteiger partial charge in [-0.15, -0.1) is 0 Å². The maximum atomic E-state index is 13.3. The van der Waals surface area contributed by atoms with Gasteiger partial charge >= 0.3 is 5.97 Å². The third kappa shape index (κ3) is 5.77. The summed E-state index contributed by atoms with van der Waals surface area (Å²) in [4.78, 5) is 23.7. The molecule has 7 heteroatoms. The average Bonchev–Trinajstić information content (AvgIpc) is 2.39. The average molecular weight is 284 g/mol. The lowest BCUT2D eigenvalue weighted by Crippen LogP contribution is -2.36. The van der Waals surface area contributed by atoms with E-state index in [1.54, 1.807) is 6.07 Å². The topological polar surface area (TPSA) is 89.9 Å². The summed E-state index contributed by atoms with van der Waals surface area (Å²) in [5.74, 6) is -1.99. The largest absolute Gasteiger partial charge is 0.481 e. The number of aliphatic carboxylic acids is 1. The maximum Gasteiger partial charge on any atom is 0.304 e. The molecule has 110 valence electrons. The van der Waals surface area contributed by atoms with Gasteiger partial charge in [0.25, 0.3) is 0 Å². The smallest absolute Gasteiger partial charge is 0.304 e. The predicted octanol–water partition coefficient (Wildman–Crippen LogP) is 0.533. The number of para-hydroxylation sites is 1. The molecule has 0 spiro atoms. The molecule has 6 nitrogen and oxygen atoms in total. The fourth-order valence-corrected chi connectivity index (χ4v) is 1.62. The summed E-state index contributed by atoms with van der Waals surface area (Å²) in [6.45, 7) is 0.0212. The fourth-order valence-electron chi connectivity index (χ4n) is 1.62. The quantitative estimate of drug-likeness (QED) is 0.648. The van der Waals surface area contributed by atoms with Gasteiger partial charge in [-0.2, -0.15) is 0 Å². The van der Waals surface area contributed by atoms with Gasteiger partial charge in [0.05, 0.1) is 25.3 Å². The molecule has 0 unspecified atom stereocenters. The first-order valence-electron chi connectivity index (χ1n) is 6.12. The molecule has 0 bridgehead atoms. The first-order valence-corrected chi connectivity index (χ1v) is 6.12. The zero-order chi connectivity index (χ0) is 15.0. The van der Waals surface area contributed by atoms with Gasteiger partial charge in [0.15, 0.2) is 0 Å². The van der Waals surface area contributed by atoms with E-state index in [1.165, 1.54) is 23.1 Å². The molecule has 0 aliphatic rings. The van der Waals surface area contributed by atoms with Crippen molar-refractivity contribution in [2.75, 3.05) is 31.6 Å². The number of carbonyl (C=O) groups excluding carboxylic acids is 1. The van der Waals surface area contributed by atoms with Crippen LogP contribution in [-0.4, -0.2) is 53.2 Å². The molecule has 1 rings (SSSR count). The second kappa shape index (κ2) is 8.23. The van der Waals surface area contributed by atoms with Crippen molar-refractivity contribution >= 4 is 17.6 Å². The van der Waals surface area contributed by atoms with Crippen LogP contribution < -0.4 is 5.32 Å². The summed E-state index contributed by atoms with van der Waals surface area (Å²) < 4.78 is 13.3. The van der Waals surface area contributed by atoms with E-state index in [9.17, 15) is 14.0 Å². The summed E-state index contributed by atoms with van der Waals surface area (Å²) in [5.41, 5.74) is 0.0692. The number of carboxylic acid groups (broad SMARTS) is 1. The number of aliphatic hydroxyl groups is 1. The number of anilines is 1. The van der Waals surface area contributed by atoms with E-state index >= 15 is 0 Å². The Morgan fingerprint density at radius 1 is 1.25 bits per heavy atom. The van der Waals surface area contributed by atoms with Crippen molar-refractivity contribution in [3.05, 3.63) is 30.1 Å². The lowest BCUT2D eigenvalue weighted by Gasteiger charge is -2.19. The van der Waals surface area contributed by atoms with E-state index < -0.39 is 17.7 Å².